The summed E-state index contributed by atoms with van der Waals surface area (Å²) in [6.07, 6.45) is -2.28. The molecule has 1 aliphatic heterocycles. The normalized spacial score (nSPS) is 45.8. The van der Waals surface area contributed by atoms with Crippen molar-refractivity contribution in [3.63, 3.8) is 0 Å². The number of hydrogen-bond donors (Lipinski definition) is 5. The first-order chi connectivity index (χ1) is 5.10. The molecule has 0 spiro atoms. The van der Waals surface area contributed by atoms with Crippen LogP contribution in [0.4, 0.5) is 0 Å². The third-order valence-electron chi connectivity index (χ3n) is 1.97. The van der Waals surface area contributed by atoms with Crippen LogP contribution in [0.5, 0.6) is 0 Å². The van der Waals surface area contributed by atoms with Crippen LogP contribution < -0.4 is 5.32 Å². The Morgan fingerprint density at radius 3 is 2.55 bits per heavy atom. The lowest BCUT2D eigenvalue weighted by molar-refractivity contribution is -0.158. The molecule has 0 aliphatic carbocycles. The Morgan fingerprint density at radius 1 is 1.45 bits per heavy atom. The average molecular weight is 163 g/mol. The maximum atomic E-state index is 9.40. The monoisotopic (exact) mass is 163 g/mol. The number of nitrogens with one attached hydrogen (secondary N) is 1. The third-order valence-corrected chi connectivity index (χ3v) is 1.97. The van der Waals surface area contributed by atoms with Crippen molar-refractivity contribution < 1.29 is 20.4 Å². The molecule has 11 heavy (non-hydrogen) atoms. The maximum Gasteiger partial charge on any atom is 0.128 e. The summed E-state index contributed by atoms with van der Waals surface area (Å²) < 4.78 is 0. The van der Waals surface area contributed by atoms with Gasteiger partial charge in [-0.3, -0.25) is 0 Å². The summed E-state index contributed by atoms with van der Waals surface area (Å²) in [7, 11) is 0. The quantitative estimate of drug-likeness (QED) is 0.285. The van der Waals surface area contributed by atoms with Crippen molar-refractivity contribution in [2.45, 2.75) is 17.8 Å². The molecule has 0 unspecified atom stereocenters. The SMILES string of the molecule is OC[C@@]1(O)CNC[C@@H](O)[C@@H]1O. The number of aliphatic hydroxyl groups is 4. The molecule has 5 N–H and O–H groups in total. The minimum atomic E-state index is -1.60. The van der Waals surface area contributed by atoms with Crippen molar-refractivity contribution in [1.29, 1.82) is 0 Å². The highest BCUT2D eigenvalue weighted by Gasteiger charge is 2.42. The van der Waals surface area contributed by atoms with Gasteiger partial charge >= 0.3 is 0 Å². The van der Waals surface area contributed by atoms with Crippen LogP contribution in [0.3, 0.4) is 0 Å². The molecule has 1 heterocycles. The Bertz CT molecular complexity index is 143. The van der Waals surface area contributed by atoms with E-state index in [-0.39, 0.29) is 13.1 Å². The lowest BCUT2D eigenvalue weighted by Crippen LogP contribution is -2.64. The van der Waals surface area contributed by atoms with Gasteiger partial charge in [0.1, 0.15) is 11.7 Å². The molecule has 0 bridgehead atoms. The minimum Gasteiger partial charge on any atom is -0.393 e. The second-order valence-electron chi connectivity index (χ2n) is 2.90. The Kier molecular flexibility index (Phi) is 2.46. The topological polar surface area (TPSA) is 93.0 Å². The second-order valence-corrected chi connectivity index (χ2v) is 2.90. The molecular weight excluding hydrogens is 150 g/mol. The molecular formula is C6H13NO4. The Labute approximate surface area is 64.3 Å². The van der Waals surface area contributed by atoms with Crippen LogP contribution in [0.25, 0.3) is 0 Å². The van der Waals surface area contributed by atoms with Gasteiger partial charge in [0.05, 0.1) is 12.7 Å². The van der Waals surface area contributed by atoms with E-state index in [1.54, 1.807) is 0 Å². The first-order valence-corrected chi connectivity index (χ1v) is 3.50. The first kappa shape index (κ1) is 8.89. The van der Waals surface area contributed by atoms with Gasteiger partial charge in [0.2, 0.25) is 0 Å². The Balaban J connectivity index is 2.64. The third kappa shape index (κ3) is 1.52. The van der Waals surface area contributed by atoms with Gasteiger partial charge in [-0.2, -0.15) is 0 Å². The summed E-state index contributed by atoms with van der Waals surface area (Å²) in [4.78, 5) is 0. The summed E-state index contributed by atoms with van der Waals surface area (Å²) in [6, 6.07) is 0. The summed E-state index contributed by atoms with van der Waals surface area (Å²) in [6.45, 7) is -0.219. The van der Waals surface area contributed by atoms with E-state index in [0.717, 1.165) is 0 Å². The fourth-order valence-corrected chi connectivity index (χ4v) is 1.16. The Hall–Kier alpha value is -0.200. The lowest BCUT2D eigenvalue weighted by Gasteiger charge is -2.38. The van der Waals surface area contributed by atoms with E-state index in [1.807, 2.05) is 0 Å². The molecule has 1 aliphatic rings. The highest BCUT2D eigenvalue weighted by Crippen LogP contribution is 2.15. The molecule has 3 atom stereocenters. The average Bonchev–Trinajstić information content (AvgIpc) is 2.00. The van der Waals surface area contributed by atoms with Gasteiger partial charge in [0.15, 0.2) is 0 Å². The summed E-state index contributed by atoms with van der Waals surface area (Å²) in [5.41, 5.74) is -1.60. The van der Waals surface area contributed by atoms with Gasteiger partial charge in [-0.1, -0.05) is 0 Å². The van der Waals surface area contributed by atoms with Gasteiger partial charge in [0.25, 0.3) is 0 Å². The molecule has 66 valence electrons. The number of piperidine rings is 1. The van der Waals surface area contributed by atoms with Crippen molar-refractivity contribution >= 4 is 0 Å². The molecule has 0 radical (unpaired) electrons. The number of hydrogen-bond acceptors (Lipinski definition) is 5. The number of rotatable bonds is 1. The second kappa shape index (κ2) is 3.04. The first-order valence-electron chi connectivity index (χ1n) is 3.50. The molecule has 5 nitrogen and oxygen atoms in total. The molecule has 5 heteroatoms. The van der Waals surface area contributed by atoms with E-state index < -0.39 is 24.4 Å². The van der Waals surface area contributed by atoms with Crippen LogP contribution in [-0.2, 0) is 0 Å². The zero-order valence-electron chi connectivity index (χ0n) is 6.06. The molecule has 0 aromatic rings. The van der Waals surface area contributed by atoms with E-state index in [0.29, 0.717) is 0 Å². The van der Waals surface area contributed by atoms with Crippen LogP contribution in [0.1, 0.15) is 0 Å². The predicted molar refractivity (Wildman–Crippen MR) is 36.9 cm³/mol. The molecule has 1 rings (SSSR count). The van der Waals surface area contributed by atoms with Crippen LogP contribution in [-0.4, -0.2) is 57.9 Å². The highest BCUT2D eigenvalue weighted by atomic mass is 16.4. The van der Waals surface area contributed by atoms with Crippen LogP contribution >= 0.6 is 0 Å². The summed E-state index contributed by atoms with van der Waals surface area (Å²) in [5.74, 6) is 0. The van der Waals surface area contributed by atoms with Crippen molar-refractivity contribution in [2.75, 3.05) is 19.7 Å². The number of aliphatic hydroxyl groups excluding tert-OH is 3. The summed E-state index contributed by atoms with van der Waals surface area (Å²) >= 11 is 0. The van der Waals surface area contributed by atoms with Gasteiger partial charge in [-0.15, -0.1) is 0 Å². The van der Waals surface area contributed by atoms with E-state index in [2.05, 4.69) is 5.32 Å². The van der Waals surface area contributed by atoms with Gasteiger partial charge in [-0.25, -0.2) is 0 Å². The van der Waals surface area contributed by atoms with E-state index in [4.69, 9.17) is 10.2 Å². The smallest absolute Gasteiger partial charge is 0.128 e. The Morgan fingerprint density at radius 2 is 2.09 bits per heavy atom. The molecule has 0 amide bonds. The molecule has 1 saturated heterocycles. The largest absolute Gasteiger partial charge is 0.393 e. The van der Waals surface area contributed by atoms with Gasteiger partial charge in [-0.05, 0) is 0 Å². The fraction of sp³-hybridized carbons (Fsp3) is 1.00. The van der Waals surface area contributed by atoms with Crippen molar-refractivity contribution in [2.24, 2.45) is 0 Å². The predicted octanol–water partition coefficient (Wildman–Crippen LogP) is -2.97. The standard InChI is InChI=1S/C6H13NO4/c8-3-6(11)2-7-1-4(9)5(6)10/h4-5,7-11H,1-3H2/t4-,5+,6+/m1/s1. The van der Waals surface area contributed by atoms with Crippen molar-refractivity contribution in [3.8, 4) is 0 Å². The maximum absolute atomic E-state index is 9.40. The van der Waals surface area contributed by atoms with Gasteiger partial charge in [0, 0.05) is 13.1 Å². The lowest BCUT2D eigenvalue weighted by atomic mass is 9.90. The van der Waals surface area contributed by atoms with Crippen molar-refractivity contribution in [3.05, 3.63) is 0 Å². The molecule has 0 aromatic heterocycles. The summed E-state index contributed by atoms with van der Waals surface area (Å²) in [5, 5.41) is 39.0. The van der Waals surface area contributed by atoms with Crippen molar-refractivity contribution in [1.82, 2.24) is 5.32 Å². The van der Waals surface area contributed by atoms with Crippen LogP contribution in [0, 0.1) is 0 Å². The van der Waals surface area contributed by atoms with Crippen LogP contribution in [0.15, 0.2) is 0 Å². The van der Waals surface area contributed by atoms with Crippen LogP contribution in [0.2, 0.25) is 0 Å². The fourth-order valence-electron chi connectivity index (χ4n) is 1.16. The zero-order chi connectivity index (χ0) is 8.48. The minimum absolute atomic E-state index is 0.0989. The molecule has 1 fully saturated rings. The van der Waals surface area contributed by atoms with Gasteiger partial charge < -0.3 is 25.7 Å². The number of β-amino-alcohol motifs (C(OH)–C–C–N with tert-alkyl or cyclic N) is 2. The molecule has 0 saturated carbocycles. The highest BCUT2D eigenvalue weighted by molar-refractivity contribution is 4.96. The van der Waals surface area contributed by atoms with E-state index >= 15 is 0 Å². The van der Waals surface area contributed by atoms with E-state index in [1.165, 1.54) is 0 Å². The van der Waals surface area contributed by atoms with E-state index in [9.17, 15) is 10.2 Å². The zero-order valence-corrected chi connectivity index (χ0v) is 6.06. The molecule has 0 aromatic carbocycles.